The van der Waals surface area contributed by atoms with Gasteiger partial charge in [0.15, 0.2) is 0 Å². The van der Waals surface area contributed by atoms with Gasteiger partial charge in [0, 0.05) is 12.6 Å². The van der Waals surface area contributed by atoms with Crippen LogP contribution < -0.4 is 5.48 Å². The molecular formula is C8H15NO2. The highest BCUT2D eigenvalue weighted by atomic mass is 16.7. The van der Waals surface area contributed by atoms with Gasteiger partial charge < -0.3 is 4.84 Å². The zero-order valence-corrected chi connectivity index (χ0v) is 6.93. The SMILES string of the molecule is C=CC(=O)ONCCCCC. The summed E-state index contributed by atoms with van der Waals surface area (Å²) in [5.74, 6) is -0.429. The smallest absolute Gasteiger partial charge is 0.348 e. The molecule has 0 aliphatic heterocycles. The Morgan fingerprint density at radius 1 is 1.64 bits per heavy atom. The zero-order valence-electron chi connectivity index (χ0n) is 6.93. The average molecular weight is 157 g/mol. The quantitative estimate of drug-likeness (QED) is 0.360. The van der Waals surface area contributed by atoms with Crippen molar-refractivity contribution in [3.63, 3.8) is 0 Å². The molecule has 0 spiro atoms. The first kappa shape index (κ1) is 10.2. The third-order valence-electron chi connectivity index (χ3n) is 1.22. The maximum atomic E-state index is 10.4. The Bertz CT molecular complexity index is 123. The van der Waals surface area contributed by atoms with Crippen molar-refractivity contribution >= 4 is 5.97 Å². The van der Waals surface area contributed by atoms with E-state index < -0.39 is 5.97 Å². The van der Waals surface area contributed by atoms with Gasteiger partial charge in [-0.15, -0.1) is 0 Å². The van der Waals surface area contributed by atoms with Crippen LogP contribution in [0.2, 0.25) is 0 Å². The van der Waals surface area contributed by atoms with Gasteiger partial charge in [-0.25, -0.2) is 4.79 Å². The normalized spacial score (nSPS) is 9.18. The molecule has 0 aromatic heterocycles. The minimum Gasteiger partial charge on any atom is -0.367 e. The van der Waals surface area contributed by atoms with Crippen LogP contribution in [0.4, 0.5) is 0 Å². The molecule has 64 valence electrons. The summed E-state index contributed by atoms with van der Waals surface area (Å²) in [6.07, 6.45) is 4.48. The van der Waals surface area contributed by atoms with Crippen molar-refractivity contribution < 1.29 is 9.63 Å². The van der Waals surface area contributed by atoms with Gasteiger partial charge in [-0.1, -0.05) is 26.3 Å². The molecule has 0 unspecified atom stereocenters. The van der Waals surface area contributed by atoms with E-state index in [1.54, 1.807) is 0 Å². The number of carbonyl (C=O) groups excluding carboxylic acids is 1. The molecular weight excluding hydrogens is 142 g/mol. The van der Waals surface area contributed by atoms with E-state index in [1.165, 1.54) is 0 Å². The lowest BCUT2D eigenvalue weighted by Gasteiger charge is -2.01. The van der Waals surface area contributed by atoms with E-state index in [-0.39, 0.29) is 0 Å². The summed E-state index contributed by atoms with van der Waals surface area (Å²) in [4.78, 5) is 15.0. The van der Waals surface area contributed by atoms with E-state index in [0.29, 0.717) is 6.54 Å². The van der Waals surface area contributed by atoms with Gasteiger partial charge in [-0.3, -0.25) is 0 Å². The number of hydrogen-bond acceptors (Lipinski definition) is 3. The van der Waals surface area contributed by atoms with Gasteiger partial charge >= 0.3 is 5.97 Å². The zero-order chi connectivity index (χ0) is 8.53. The standard InChI is InChI=1S/C8H15NO2/c1-3-5-6-7-9-11-8(10)4-2/h4,9H,2-3,5-7H2,1H3. The van der Waals surface area contributed by atoms with E-state index in [1.807, 2.05) is 0 Å². The molecule has 1 N–H and O–H groups in total. The van der Waals surface area contributed by atoms with Crippen molar-refractivity contribution in [2.75, 3.05) is 6.54 Å². The number of rotatable bonds is 6. The molecule has 0 aromatic carbocycles. The topological polar surface area (TPSA) is 38.3 Å². The molecule has 0 saturated carbocycles. The minimum absolute atomic E-state index is 0.429. The first-order chi connectivity index (χ1) is 5.31. The van der Waals surface area contributed by atoms with E-state index in [9.17, 15) is 4.79 Å². The molecule has 0 aromatic rings. The fourth-order valence-electron chi connectivity index (χ4n) is 0.611. The third kappa shape index (κ3) is 7.06. The van der Waals surface area contributed by atoms with Crippen molar-refractivity contribution in [3.05, 3.63) is 12.7 Å². The summed E-state index contributed by atoms with van der Waals surface area (Å²) in [6, 6.07) is 0. The molecule has 0 atom stereocenters. The van der Waals surface area contributed by atoms with Crippen molar-refractivity contribution in [1.29, 1.82) is 0 Å². The van der Waals surface area contributed by atoms with Crippen molar-refractivity contribution in [1.82, 2.24) is 5.48 Å². The predicted molar refractivity (Wildman–Crippen MR) is 43.8 cm³/mol. The molecule has 0 fully saturated rings. The first-order valence-electron chi connectivity index (χ1n) is 3.87. The van der Waals surface area contributed by atoms with Crippen LogP contribution in [0.15, 0.2) is 12.7 Å². The highest BCUT2D eigenvalue weighted by molar-refractivity contribution is 5.80. The van der Waals surface area contributed by atoms with Crippen LogP contribution in [0, 0.1) is 0 Å². The Hall–Kier alpha value is -0.830. The number of hydroxylamine groups is 1. The van der Waals surface area contributed by atoms with E-state index >= 15 is 0 Å². The Morgan fingerprint density at radius 2 is 2.36 bits per heavy atom. The van der Waals surface area contributed by atoms with Gasteiger partial charge in [0.25, 0.3) is 0 Å². The van der Waals surface area contributed by atoms with Gasteiger partial charge in [-0.2, -0.15) is 5.48 Å². The van der Waals surface area contributed by atoms with Crippen LogP contribution in [0.1, 0.15) is 26.2 Å². The summed E-state index contributed by atoms with van der Waals surface area (Å²) in [6.45, 7) is 6.10. The number of hydrogen-bond donors (Lipinski definition) is 1. The molecule has 0 rings (SSSR count). The van der Waals surface area contributed by atoms with Crippen LogP contribution in [0.25, 0.3) is 0 Å². The second-order valence-corrected chi connectivity index (χ2v) is 2.23. The lowest BCUT2D eigenvalue weighted by atomic mass is 10.3. The molecule has 0 amide bonds. The van der Waals surface area contributed by atoms with Crippen LogP contribution in [-0.2, 0) is 9.63 Å². The Labute approximate surface area is 67.4 Å². The van der Waals surface area contributed by atoms with E-state index in [2.05, 4.69) is 23.8 Å². The largest absolute Gasteiger partial charge is 0.367 e. The van der Waals surface area contributed by atoms with Crippen LogP contribution in [-0.4, -0.2) is 12.5 Å². The fraction of sp³-hybridized carbons (Fsp3) is 0.625. The second kappa shape index (κ2) is 7.28. The summed E-state index contributed by atoms with van der Waals surface area (Å²) >= 11 is 0. The van der Waals surface area contributed by atoms with Crippen LogP contribution in [0.5, 0.6) is 0 Å². The molecule has 0 aliphatic carbocycles. The maximum absolute atomic E-state index is 10.4. The van der Waals surface area contributed by atoms with Gasteiger partial charge in [0.1, 0.15) is 0 Å². The number of carbonyl (C=O) groups is 1. The van der Waals surface area contributed by atoms with Crippen LogP contribution >= 0.6 is 0 Å². The lowest BCUT2D eigenvalue weighted by molar-refractivity contribution is -0.144. The van der Waals surface area contributed by atoms with Gasteiger partial charge in [0.2, 0.25) is 0 Å². The van der Waals surface area contributed by atoms with E-state index in [0.717, 1.165) is 25.3 Å². The molecule has 0 bridgehead atoms. The summed E-state index contributed by atoms with van der Waals surface area (Å²) in [5, 5.41) is 0. The minimum atomic E-state index is -0.429. The Morgan fingerprint density at radius 3 is 2.91 bits per heavy atom. The monoisotopic (exact) mass is 157 g/mol. The molecule has 3 heteroatoms. The molecule has 0 heterocycles. The average Bonchev–Trinajstić information content (AvgIpc) is 2.04. The summed E-state index contributed by atoms with van der Waals surface area (Å²) in [5.41, 5.74) is 2.55. The lowest BCUT2D eigenvalue weighted by Crippen LogP contribution is -2.19. The van der Waals surface area contributed by atoms with E-state index in [4.69, 9.17) is 0 Å². The Kier molecular flexibility index (Phi) is 6.73. The maximum Gasteiger partial charge on any atom is 0.348 e. The molecule has 3 nitrogen and oxygen atoms in total. The fourth-order valence-corrected chi connectivity index (χ4v) is 0.611. The van der Waals surface area contributed by atoms with Crippen molar-refractivity contribution in [2.45, 2.75) is 26.2 Å². The Balaban J connectivity index is 3.01. The van der Waals surface area contributed by atoms with Gasteiger partial charge in [0.05, 0.1) is 0 Å². The predicted octanol–water partition coefficient (Wildman–Crippen LogP) is 1.41. The summed E-state index contributed by atoms with van der Waals surface area (Å²) < 4.78 is 0. The van der Waals surface area contributed by atoms with Gasteiger partial charge in [-0.05, 0) is 6.42 Å². The molecule has 0 radical (unpaired) electrons. The summed E-state index contributed by atoms with van der Waals surface area (Å²) in [7, 11) is 0. The molecule has 0 aliphatic rings. The molecule has 11 heavy (non-hydrogen) atoms. The molecule has 0 saturated heterocycles. The highest BCUT2D eigenvalue weighted by Crippen LogP contribution is 1.90. The van der Waals surface area contributed by atoms with Crippen molar-refractivity contribution in [3.8, 4) is 0 Å². The number of unbranched alkanes of at least 4 members (excludes halogenated alkanes) is 2. The highest BCUT2D eigenvalue weighted by Gasteiger charge is 1.92. The third-order valence-corrected chi connectivity index (χ3v) is 1.22. The first-order valence-corrected chi connectivity index (χ1v) is 3.87. The van der Waals surface area contributed by atoms with Crippen LogP contribution in [0.3, 0.4) is 0 Å². The second-order valence-electron chi connectivity index (χ2n) is 2.23. The number of nitrogens with one attached hydrogen (secondary N) is 1. The van der Waals surface area contributed by atoms with Crippen molar-refractivity contribution in [2.24, 2.45) is 0 Å².